The van der Waals surface area contributed by atoms with E-state index in [1.54, 1.807) is 18.2 Å². The molecule has 2 aromatic carbocycles. The summed E-state index contributed by atoms with van der Waals surface area (Å²) in [6.45, 7) is 9.87. The Morgan fingerprint density at radius 2 is 1.74 bits per heavy atom. The molecule has 7 heteroatoms. The topological polar surface area (TPSA) is 43.9 Å². The molecule has 1 saturated carbocycles. The van der Waals surface area contributed by atoms with Crippen molar-refractivity contribution < 1.29 is 9.59 Å². The minimum atomic E-state index is -0.0199. The van der Waals surface area contributed by atoms with Crippen molar-refractivity contribution in [3.05, 3.63) is 81.4 Å². The lowest BCUT2D eigenvalue weighted by molar-refractivity contribution is -0.130. The number of amides is 2. The number of rotatable bonds is 8. The molecule has 2 atom stereocenters. The molecule has 0 spiro atoms. The van der Waals surface area contributed by atoms with Crippen LogP contribution >= 0.6 is 23.2 Å². The summed E-state index contributed by atoms with van der Waals surface area (Å²) in [5.41, 5.74) is 3.40. The second-order valence-electron chi connectivity index (χ2n) is 11.6. The van der Waals surface area contributed by atoms with E-state index in [0.29, 0.717) is 53.0 Å². The van der Waals surface area contributed by atoms with Crippen molar-refractivity contribution >= 4 is 35.0 Å². The Bertz CT molecular complexity index is 1200. The third-order valence-corrected chi connectivity index (χ3v) is 9.76. The van der Waals surface area contributed by atoms with Crippen molar-refractivity contribution in [2.45, 2.75) is 33.1 Å². The number of carbonyl (C=O) groups excluding carboxylic acids is 2. The van der Waals surface area contributed by atoms with Crippen LogP contribution in [0.1, 0.15) is 42.6 Å². The zero-order valence-corrected chi connectivity index (χ0v) is 23.8. The first-order valence-electron chi connectivity index (χ1n) is 13.7. The molecule has 2 fully saturated rings. The van der Waals surface area contributed by atoms with E-state index in [0.717, 1.165) is 44.1 Å². The fourth-order valence-corrected chi connectivity index (χ4v) is 6.60. The number of hydrogen-bond acceptors (Lipinski definition) is 3. The number of allylic oxidation sites excluding steroid dienone is 1. The van der Waals surface area contributed by atoms with Crippen LogP contribution < -0.4 is 0 Å². The maximum absolute atomic E-state index is 13.5. The molecule has 2 bridgehead atoms. The average Bonchev–Trinajstić information content (AvgIpc) is 2.93. The summed E-state index contributed by atoms with van der Waals surface area (Å²) in [5.74, 6) is 1.54. The standard InChI is InChI=1S/C31H37Cl2N3O2/c1-31(2)25-10-8-24(26(31)20-25)21-36(29(37)18-22-6-4-3-5-7-22)17-14-34-12-15-35(16-13-34)30(38)23-9-11-27(32)28(33)19-23/h3-9,11,19,25-26H,10,12-18,20-21H2,1-2H3. The van der Waals surface area contributed by atoms with E-state index in [1.165, 1.54) is 12.0 Å². The van der Waals surface area contributed by atoms with E-state index >= 15 is 0 Å². The zero-order valence-electron chi connectivity index (χ0n) is 22.3. The van der Waals surface area contributed by atoms with Gasteiger partial charge in [0.15, 0.2) is 0 Å². The van der Waals surface area contributed by atoms with Gasteiger partial charge in [0.2, 0.25) is 5.91 Å². The van der Waals surface area contributed by atoms with Crippen molar-refractivity contribution in [3.63, 3.8) is 0 Å². The van der Waals surface area contributed by atoms with Crippen molar-refractivity contribution in [1.82, 2.24) is 14.7 Å². The summed E-state index contributed by atoms with van der Waals surface area (Å²) in [7, 11) is 0. The predicted octanol–water partition coefficient (Wildman–Crippen LogP) is 5.81. The number of nitrogens with zero attached hydrogens (tertiary/aromatic N) is 3. The largest absolute Gasteiger partial charge is 0.337 e. The zero-order chi connectivity index (χ0) is 26.9. The molecule has 0 N–H and O–H groups in total. The summed E-state index contributed by atoms with van der Waals surface area (Å²) in [6, 6.07) is 15.1. The molecule has 5 nitrogen and oxygen atoms in total. The van der Waals surface area contributed by atoms with Gasteiger partial charge in [-0.1, -0.05) is 79.0 Å². The van der Waals surface area contributed by atoms with Gasteiger partial charge < -0.3 is 9.80 Å². The Morgan fingerprint density at radius 3 is 2.39 bits per heavy atom. The summed E-state index contributed by atoms with van der Waals surface area (Å²) < 4.78 is 0. The van der Waals surface area contributed by atoms with E-state index in [1.807, 2.05) is 35.2 Å². The normalized spacial score (nSPS) is 22.4. The van der Waals surface area contributed by atoms with E-state index in [2.05, 4.69) is 29.7 Å². The van der Waals surface area contributed by atoms with Crippen molar-refractivity contribution in [2.24, 2.45) is 17.3 Å². The molecule has 1 aliphatic heterocycles. The molecule has 6 rings (SSSR count). The van der Waals surface area contributed by atoms with Crippen LogP contribution in [-0.4, -0.2) is 72.3 Å². The number of benzene rings is 2. The molecule has 2 amide bonds. The first-order chi connectivity index (χ1) is 18.2. The van der Waals surface area contributed by atoms with Gasteiger partial charge in [0.1, 0.15) is 0 Å². The Kier molecular flexibility index (Phi) is 8.18. The average molecular weight is 555 g/mol. The molecular weight excluding hydrogens is 517 g/mol. The van der Waals surface area contributed by atoms with Gasteiger partial charge in [0, 0.05) is 51.4 Å². The molecule has 4 aliphatic rings. The monoisotopic (exact) mass is 553 g/mol. The molecule has 38 heavy (non-hydrogen) atoms. The molecule has 2 unspecified atom stereocenters. The lowest BCUT2D eigenvalue weighted by atomic mass is 9.49. The van der Waals surface area contributed by atoms with Gasteiger partial charge in [-0.15, -0.1) is 0 Å². The SMILES string of the molecule is CC1(C)C2CC=C(CN(CCN3CCN(C(=O)c4ccc(Cl)c(Cl)c4)CC3)C(=O)Cc3ccccc3)C1C2. The lowest BCUT2D eigenvalue weighted by Crippen LogP contribution is -2.52. The molecule has 0 aromatic heterocycles. The molecule has 3 aliphatic carbocycles. The van der Waals surface area contributed by atoms with Crippen molar-refractivity contribution in [1.29, 1.82) is 0 Å². The molecular formula is C31H37Cl2N3O2. The molecule has 202 valence electrons. The van der Waals surface area contributed by atoms with Gasteiger partial charge in [-0.3, -0.25) is 14.5 Å². The highest BCUT2D eigenvalue weighted by Gasteiger charge is 2.51. The molecule has 1 saturated heterocycles. The fourth-order valence-electron chi connectivity index (χ4n) is 6.30. The minimum absolute atomic E-state index is 0.0199. The third kappa shape index (κ3) is 5.80. The maximum atomic E-state index is 13.5. The van der Waals surface area contributed by atoms with E-state index < -0.39 is 0 Å². The third-order valence-electron chi connectivity index (χ3n) is 9.02. The Morgan fingerprint density at radius 1 is 1.00 bits per heavy atom. The lowest BCUT2D eigenvalue weighted by Gasteiger charge is -2.57. The van der Waals surface area contributed by atoms with Crippen molar-refractivity contribution in [3.8, 4) is 0 Å². The van der Waals surface area contributed by atoms with Gasteiger partial charge in [-0.2, -0.15) is 0 Å². The van der Waals surface area contributed by atoms with Crippen LogP contribution in [0.15, 0.2) is 60.2 Å². The summed E-state index contributed by atoms with van der Waals surface area (Å²) in [5, 5.41) is 0.842. The summed E-state index contributed by atoms with van der Waals surface area (Å²) >= 11 is 12.1. The first kappa shape index (κ1) is 27.2. The predicted molar refractivity (Wildman–Crippen MR) is 154 cm³/mol. The van der Waals surface area contributed by atoms with E-state index in [9.17, 15) is 9.59 Å². The second kappa shape index (κ2) is 11.4. The van der Waals surface area contributed by atoms with Crippen LogP contribution in [0.4, 0.5) is 0 Å². The van der Waals surface area contributed by atoms with Crippen LogP contribution in [0.3, 0.4) is 0 Å². The number of carbonyl (C=O) groups is 2. The van der Waals surface area contributed by atoms with E-state index in [4.69, 9.17) is 23.2 Å². The van der Waals surface area contributed by atoms with Crippen LogP contribution in [0.2, 0.25) is 10.0 Å². The first-order valence-corrected chi connectivity index (χ1v) is 14.5. The van der Waals surface area contributed by atoms with Gasteiger partial charge in [-0.05, 0) is 53.9 Å². The highest BCUT2D eigenvalue weighted by atomic mass is 35.5. The maximum Gasteiger partial charge on any atom is 0.253 e. The molecule has 2 aromatic rings. The fraction of sp³-hybridized carbons (Fsp3) is 0.484. The Labute approximate surface area is 236 Å². The summed E-state index contributed by atoms with van der Waals surface area (Å²) in [6.07, 6.45) is 5.22. The number of hydrogen-bond donors (Lipinski definition) is 0. The Balaban J connectivity index is 1.19. The number of piperazine rings is 1. The van der Waals surface area contributed by atoms with Gasteiger partial charge in [0.25, 0.3) is 5.91 Å². The highest BCUT2D eigenvalue weighted by Crippen LogP contribution is 2.59. The van der Waals surface area contributed by atoms with Gasteiger partial charge in [0.05, 0.1) is 16.5 Å². The van der Waals surface area contributed by atoms with Crippen LogP contribution in [0.5, 0.6) is 0 Å². The van der Waals surface area contributed by atoms with Crippen LogP contribution in [0, 0.1) is 17.3 Å². The number of halogens is 2. The molecule has 0 radical (unpaired) electrons. The highest BCUT2D eigenvalue weighted by molar-refractivity contribution is 6.42. The van der Waals surface area contributed by atoms with Crippen LogP contribution in [0.25, 0.3) is 0 Å². The van der Waals surface area contributed by atoms with Gasteiger partial charge >= 0.3 is 0 Å². The second-order valence-corrected chi connectivity index (χ2v) is 12.4. The minimum Gasteiger partial charge on any atom is -0.337 e. The number of fused-ring (bicyclic) bond motifs is 1. The molecule has 1 heterocycles. The van der Waals surface area contributed by atoms with Crippen molar-refractivity contribution in [2.75, 3.05) is 45.8 Å². The Hall–Kier alpha value is -2.34. The van der Waals surface area contributed by atoms with E-state index in [-0.39, 0.29) is 11.8 Å². The smallest absolute Gasteiger partial charge is 0.253 e. The summed E-state index contributed by atoms with van der Waals surface area (Å²) in [4.78, 5) is 32.8. The quantitative estimate of drug-likeness (QED) is 0.387. The van der Waals surface area contributed by atoms with Gasteiger partial charge in [-0.25, -0.2) is 0 Å². The van der Waals surface area contributed by atoms with Crippen LogP contribution in [-0.2, 0) is 11.2 Å².